The van der Waals surface area contributed by atoms with Crippen molar-refractivity contribution in [3.8, 4) is 5.75 Å². The summed E-state index contributed by atoms with van der Waals surface area (Å²) in [5, 5.41) is 4.06. The lowest BCUT2D eigenvalue weighted by atomic mass is 10.00. The van der Waals surface area contributed by atoms with E-state index in [0.29, 0.717) is 17.7 Å². The Balaban J connectivity index is 2.25. The van der Waals surface area contributed by atoms with E-state index in [9.17, 15) is 4.39 Å². The number of aromatic nitrogens is 2. The number of methoxy groups -OCH3 is 1. The molecule has 0 radical (unpaired) electrons. The van der Waals surface area contributed by atoms with Gasteiger partial charge in [0.1, 0.15) is 11.6 Å². The number of nitrogens with zero attached hydrogens (tertiary/aromatic N) is 2. The van der Waals surface area contributed by atoms with Gasteiger partial charge in [-0.25, -0.2) is 4.39 Å². The summed E-state index contributed by atoms with van der Waals surface area (Å²) < 4.78 is 20.7. The Kier molecular flexibility index (Phi) is 3.62. The van der Waals surface area contributed by atoms with E-state index in [-0.39, 0.29) is 5.82 Å². The van der Waals surface area contributed by atoms with Gasteiger partial charge in [0.25, 0.3) is 0 Å². The Hall–Kier alpha value is -1.88. The van der Waals surface area contributed by atoms with E-state index in [1.165, 1.54) is 13.2 Å². The fourth-order valence-corrected chi connectivity index (χ4v) is 1.99. The molecule has 0 aliphatic heterocycles. The van der Waals surface area contributed by atoms with Crippen LogP contribution in [0, 0.1) is 5.82 Å². The molecule has 5 heteroatoms. The first-order chi connectivity index (χ1) is 8.61. The molecule has 1 unspecified atom stereocenters. The maximum Gasteiger partial charge on any atom is 0.131 e. The second kappa shape index (κ2) is 5.18. The van der Waals surface area contributed by atoms with Crippen LogP contribution in [0.15, 0.2) is 30.6 Å². The van der Waals surface area contributed by atoms with E-state index in [2.05, 4.69) is 5.10 Å². The Bertz CT molecular complexity index is 539. The summed E-state index contributed by atoms with van der Waals surface area (Å²) in [5.41, 5.74) is 7.43. The zero-order valence-electron chi connectivity index (χ0n) is 10.4. The van der Waals surface area contributed by atoms with Gasteiger partial charge in [0.15, 0.2) is 0 Å². The number of benzene rings is 1. The number of aryl methyl sites for hydroxylation is 1. The van der Waals surface area contributed by atoms with Crippen molar-refractivity contribution in [3.63, 3.8) is 0 Å². The Labute approximate surface area is 105 Å². The first-order valence-electron chi connectivity index (χ1n) is 5.67. The monoisotopic (exact) mass is 249 g/mol. The average Bonchev–Trinajstić information content (AvgIpc) is 2.74. The second-order valence-corrected chi connectivity index (χ2v) is 4.19. The molecule has 0 saturated carbocycles. The molecule has 1 heterocycles. The first kappa shape index (κ1) is 12.6. The van der Waals surface area contributed by atoms with Crippen molar-refractivity contribution in [2.24, 2.45) is 12.8 Å². The minimum atomic E-state index is -0.453. The number of ether oxygens (including phenoxy) is 1. The molecule has 2 aromatic rings. The molecule has 1 aromatic heterocycles. The fourth-order valence-electron chi connectivity index (χ4n) is 1.99. The van der Waals surface area contributed by atoms with E-state index < -0.39 is 6.04 Å². The van der Waals surface area contributed by atoms with Gasteiger partial charge in [-0.3, -0.25) is 4.68 Å². The third kappa shape index (κ3) is 2.51. The van der Waals surface area contributed by atoms with Crippen LogP contribution < -0.4 is 10.5 Å². The molecular weight excluding hydrogens is 233 g/mol. The van der Waals surface area contributed by atoms with Gasteiger partial charge < -0.3 is 10.5 Å². The lowest BCUT2D eigenvalue weighted by Crippen LogP contribution is -2.16. The van der Waals surface area contributed by atoms with Crippen LogP contribution in [0.3, 0.4) is 0 Å². The van der Waals surface area contributed by atoms with E-state index in [4.69, 9.17) is 10.5 Å². The van der Waals surface area contributed by atoms with E-state index >= 15 is 0 Å². The highest BCUT2D eigenvalue weighted by Crippen LogP contribution is 2.28. The third-order valence-corrected chi connectivity index (χ3v) is 2.82. The summed E-state index contributed by atoms with van der Waals surface area (Å²) in [6, 6.07) is 4.25. The summed E-state index contributed by atoms with van der Waals surface area (Å²) in [7, 11) is 3.34. The van der Waals surface area contributed by atoms with Crippen LogP contribution >= 0.6 is 0 Å². The van der Waals surface area contributed by atoms with Crippen LogP contribution in [0.2, 0.25) is 0 Å². The van der Waals surface area contributed by atoms with Gasteiger partial charge in [0.2, 0.25) is 0 Å². The Morgan fingerprint density at radius 1 is 1.50 bits per heavy atom. The van der Waals surface area contributed by atoms with Crippen molar-refractivity contribution >= 4 is 0 Å². The molecule has 0 bridgehead atoms. The van der Waals surface area contributed by atoms with Crippen LogP contribution in [0.25, 0.3) is 0 Å². The fraction of sp³-hybridized carbons (Fsp3) is 0.308. The summed E-state index contributed by atoms with van der Waals surface area (Å²) in [6.07, 6.45) is 4.12. The molecule has 1 atom stereocenters. The molecule has 0 amide bonds. The molecule has 0 saturated heterocycles. The van der Waals surface area contributed by atoms with Crippen molar-refractivity contribution in [2.45, 2.75) is 12.5 Å². The molecule has 2 rings (SSSR count). The zero-order valence-corrected chi connectivity index (χ0v) is 10.4. The van der Waals surface area contributed by atoms with Crippen LogP contribution in [-0.2, 0) is 13.5 Å². The van der Waals surface area contributed by atoms with Crippen LogP contribution in [0.1, 0.15) is 17.2 Å². The topological polar surface area (TPSA) is 53.1 Å². The Morgan fingerprint density at radius 3 is 2.89 bits per heavy atom. The third-order valence-electron chi connectivity index (χ3n) is 2.82. The maximum atomic E-state index is 13.8. The molecule has 0 aliphatic carbocycles. The summed E-state index contributed by atoms with van der Waals surface area (Å²) >= 11 is 0. The molecule has 96 valence electrons. The van der Waals surface area contributed by atoms with Crippen LogP contribution in [0.5, 0.6) is 5.75 Å². The van der Waals surface area contributed by atoms with Crippen molar-refractivity contribution in [1.82, 2.24) is 9.78 Å². The number of hydrogen-bond acceptors (Lipinski definition) is 3. The lowest BCUT2D eigenvalue weighted by molar-refractivity contribution is 0.399. The quantitative estimate of drug-likeness (QED) is 0.899. The summed E-state index contributed by atoms with van der Waals surface area (Å²) in [4.78, 5) is 0. The number of nitrogens with two attached hydrogens (primary N) is 1. The molecule has 4 nitrogen and oxygen atoms in total. The van der Waals surface area contributed by atoms with Gasteiger partial charge in [-0.05, 0) is 24.1 Å². The molecule has 2 N–H and O–H groups in total. The van der Waals surface area contributed by atoms with E-state index in [1.807, 2.05) is 13.2 Å². The van der Waals surface area contributed by atoms with Gasteiger partial charge in [-0.1, -0.05) is 6.07 Å². The van der Waals surface area contributed by atoms with Gasteiger partial charge in [-0.2, -0.15) is 5.10 Å². The first-order valence-corrected chi connectivity index (χ1v) is 5.67. The highest BCUT2D eigenvalue weighted by Gasteiger charge is 2.17. The lowest BCUT2D eigenvalue weighted by Gasteiger charge is -2.15. The minimum Gasteiger partial charge on any atom is -0.496 e. The number of halogens is 1. The van der Waals surface area contributed by atoms with Gasteiger partial charge >= 0.3 is 0 Å². The second-order valence-electron chi connectivity index (χ2n) is 4.19. The van der Waals surface area contributed by atoms with Gasteiger partial charge in [0.05, 0.1) is 13.3 Å². The van der Waals surface area contributed by atoms with E-state index in [1.54, 1.807) is 23.0 Å². The Morgan fingerprint density at radius 2 is 2.28 bits per heavy atom. The average molecular weight is 249 g/mol. The molecular formula is C13H16FN3O. The van der Waals surface area contributed by atoms with Crippen molar-refractivity contribution < 1.29 is 9.13 Å². The maximum absolute atomic E-state index is 13.8. The number of rotatable bonds is 4. The van der Waals surface area contributed by atoms with Crippen molar-refractivity contribution in [3.05, 3.63) is 47.5 Å². The van der Waals surface area contributed by atoms with Crippen molar-refractivity contribution in [1.29, 1.82) is 0 Å². The predicted octanol–water partition coefficient (Wildman–Crippen LogP) is 1.81. The molecule has 0 aliphatic rings. The minimum absolute atomic E-state index is 0.342. The normalized spacial score (nSPS) is 12.4. The molecule has 0 spiro atoms. The van der Waals surface area contributed by atoms with E-state index in [0.717, 1.165) is 5.56 Å². The smallest absolute Gasteiger partial charge is 0.131 e. The molecule has 0 fully saturated rings. The van der Waals surface area contributed by atoms with Crippen LogP contribution in [0.4, 0.5) is 4.39 Å². The standard InChI is InChI=1S/C13H16FN3O/c1-17-8-9(7-16-17)6-11(15)13-10(14)4-3-5-12(13)18-2/h3-5,7-8,11H,6,15H2,1-2H3. The SMILES string of the molecule is COc1cccc(F)c1C(N)Cc1cnn(C)c1. The van der Waals surface area contributed by atoms with Gasteiger partial charge in [0, 0.05) is 24.8 Å². The highest BCUT2D eigenvalue weighted by atomic mass is 19.1. The summed E-state index contributed by atoms with van der Waals surface area (Å²) in [6.45, 7) is 0. The predicted molar refractivity (Wildman–Crippen MR) is 66.8 cm³/mol. The zero-order chi connectivity index (χ0) is 13.1. The molecule has 18 heavy (non-hydrogen) atoms. The number of hydrogen-bond donors (Lipinski definition) is 1. The van der Waals surface area contributed by atoms with Crippen LogP contribution in [-0.4, -0.2) is 16.9 Å². The largest absolute Gasteiger partial charge is 0.496 e. The molecule has 1 aromatic carbocycles. The van der Waals surface area contributed by atoms with Gasteiger partial charge in [-0.15, -0.1) is 0 Å². The van der Waals surface area contributed by atoms with Crippen molar-refractivity contribution in [2.75, 3.05) is 7.11 Å². The summed E-state index contributed by atoms with van der Waals surface area (Å²) in [5.74, 6) is 0.136. The highest BCUT2D eigenvalue weighted by molar-refractivity contribution is 5.37.